The van der Waals surface area contributed by atoms with E-state index in [0.717, 1.165) is 0 Å². The van der Waals surface area contributed by atoms with Gasteiger partial charge in [-0.25, -0.2) is 13.5 Å². The Hall–Kier alpha value is -2.66. The van der Waals surface area contributed by atoms with Gasteiger partial charge in [0.1, 0.15) is 25.6 Å². The van der Waals surface area contributed by atoms with Gasteiger partial charge in [0.2, 0.25) is 21.9 Å². The molecule has 1 amide bonds. The molecule has 11 heteroatoms. The summed E-state index contributed by atoms with van der Waals surface area (Å²) in [5.74, 6) is 0.131. The zero-order valence-electron chi connectivity index (χ0n) is 14.2. The van der Waals surface area contributed by atoms with E-state index in [2.05, 4.69) is 25.2 Å². The number of benzene rings is 1. The maximum atomic E-state index is 12.7. The Balaban J connectivity index is 1.80. The Kier molecular flexibility index (Phi) is 5.09. The van der Waals surface area contributed by atoms with E-state index >= 15 is 0 Å². The fourth-order valence-electron chi connectivity index (χ4n) is 2.38. The Morgan fingerprint density at radius 1 is 1.23 bits per heavy atom. The van der Waals surface area contributed by atoms with E-state index in [9.17, 15) is 13.2 Å². The average molecular weight is 381 g/mol. The molecule has 1 aromatic heterocycles. The van der Waals surface area contributed by atoms with Crippen molar-refractivity contribution in [1.82, 2.24) is 19.9 Å². The first-order valence-electron chi connectivity index (χ1n) is 7.95. The number of ether oxygens (including phenoxy) is 2. The molecule has 2 aromatic rings. The molecular weight excluding hydrogens is 362 g/mol. The zero-order valence-corrected chi connectivity index (χ0v) is 15.0. The van der Waals surface area contributed by atoms with Crippen LogP contribution in [0.25, 0.3) is 0 Å². The third kappa shape index (κ3) is 3.94. The number of rotatable bonds is 6. The molecule has 1 atom stereocenters. The van der Waals surface area contributed by atoms with Crippen molar-refractivity contribution in [2.45, 2.75) is 24.8 Å². The highest BCUT2D eigenvalue weighted by Crippen LogP contribution is 2.32. The van der Waals surface area contributed by atoms with Gasteiger partial charge in [0, 0.05) is 6.07 Å². The van der Waals surface area contributed by atoms with E-state index in [1.165, 1.54) is 24.5 Å². The summed E-state index contributed by atoms with van der Waals surface area (Å²) in [6.45, 7) is 4.22. The van der Waals surface area contributed by atoms with Gasteiger partial charge in [0.05, 0.1) is 4.90 Å². The number of amides is 1. The number of carbonyl (C=O) groups excluding carboxylic acids is 1. The number of nitrogens with one attached hydrogen (secondary N) is 3. The van der Waals surface area contributed by atoms with Crippen LogP contribution >= 0.6 is 0 Å². The molecule has 0 fully saturated rings. The summed E-state index contributed by atoms with van der Waals surface area (Å²) >= 11 is 0. The monoisotopic (exact) mass is 381 g/mol. The quantitative estimate of drug-likeness (QED) is 0.664. The number of sulfonamides is 1. The van der Waals surface area contributed by atoms with E-state index in [4.69, 9.17) is 9.47 Å². The van der Waals surface area contributed by atoms with Gasteiger partial charge >= 0.3 is 0 Å². The second-order valence-electron chi connectivity index (χ2n) is 5.97. The van der Waals surface area contributed by atoms with Crippen LogP contribution in [0, 0.1) is 5.92 Å². The molecule has 2 heterocycles. The van der Waals surface area contributed by atoms with Crippen molar-refractivity contribution in [3.8, 4) is 11.5 Å². The van der Waals surface area contributed by atoms with Gasteiger partial charge in [-0.2, -0.15) is 14.8 Å². The fourth-order valence-corrected chi connectivity index (χ4v) is 3.74. The maximum Gasteiger partial charge on any atom is 0.245 e. The molecule has 0 unspecified atom stereocenters. The van der Waals surface area contributed by atoms with Crippen LogP contribution < -0.4 is 19.5 Å². The smallest absolute Gasteiger partial charge is 0.245 e. The van der Waals surface area contributed by atoms with Crippen molar-refractivity contribution in [3.05, 3.63) is 24.5 Å². The highest BCUT2D eigenvalue weighted by molar-refractivity contribution is 7.89. The number of H-pyrrole nitrogens is 1. The summed E-state index contributed by atoms with van der Waals surface area (Å²) in [6.07, 6.45) is 1.24. The van der Waals surface area contributed by atoms with Gasteiger partial charge in [-0.1, -0.05) is 13.8 Å². The second kappa shape index (κ2) is 7.30. The van der Waals surface area contributed by atoms with E-state index < -0.39 is 22.0 Å². The fraction of sp³-hybridized carbons (Fsp3) is 0.400. The Morgan fingerprint density at radius 2 is 1.96 bits per heavy atom. The Morgan fingerprint density at radius 3 is 2.62 bits per heavy atom. The Bertz CT molecular complexity index is 882. The first-order chi connectivity index (χ1) is 12.4. The van der Waals surface area contributed by atoms with Gasteiger partial charge in [0.25, 0.3) is 0 Å². The molecule has 3 rings (SSSR count). The molecule has 3 N–H and O–H groups in total. The molecule has 0 aliphatic carbocycles. The highest BCUT2D eigenvalue weighted by atomic mass is 32.2. The van der Waals surface area contributed by atoms with Crippen LogP contribution in [0.3, 0.4) is 0 Å². The third-order valence-electron chi connectivity index (χ3n) is 3.71. The molecular formula is C15H19N5O5S. The summed E-state index contributed by atoms with van der Waals surface area (Å²) in [6, 6.07) is 3.31. The third-order valence-corrected chi connectivity index (χ3v) is 5.15. The Labute approximate surface area is 150 Å². The predicted molar refractivity (Wildman–Crippen MR) is 91.4 cm³/mol. The van der Waals surface area contributed by atoms with Gasteiger partial charge < -0.3 is 9.47 Å². The lowest BCUT2D eigenvalue weighted by atomic mass is 10.1. The number of fused-ring (bicyclic) bond motifs is 1. The van der Waals surface area contributed by atoms with E-state index in [1.54, 1.807) is 13.8 Å². The van der Waals surface area contributed by atoms with E-state index in [0.29, 0.717) is 24.7 Å². The minimum absolute atomic E-state index is 0.0140. The van der Waals surface area contributed by atoms with Crippen molar-refractivity contribution >= 4 is 21.9 Å². The molecule has 140 valence electrons. The van der Waals surface area contributed by atoms with Crippen LogP contribution in [0.15, 0.2) is 29.4 Å². The summed E-state index contributed by atoms with van der Waals surface area (Å²) in [5.41, 5.74) is 0. The molecule has 1 aliphatic heterocycles. The van der Waals surface area contributed by atoms with Crippen LogP contribution in [0.4, 0.5) is 5.95 Å². The largest absolute Gasteiger partial charge is 0.486 e. The van der Waals surface area contributed by atoms with E-state index in [1.807, 2.05) is 0 Å². The number of nitrogens with zero attached hydrogens (tertiary/aromatic N) is 2. The zero-order chi connectivity index (χ0) is 18.7. The molecule has 26 heavy (non-hydrogen) atoms. The van der Waals surface area contributed by atoms with Gasteiger partial charge in [-0.05, 0) is 18.1 Å². The topological polar surface area (TPSA) is 135 Å². The number of hydrogen-bond acceptors (Lipinski definition) is 7. The minimum Gasteiger partial charge on any atom is -0.486 e. The number of aromatic amines is 1. The van der Waals surface area contributed by atoms with Crippen molar-refractivity contribution in [2.75, 3.05) is 18.5 Å². The number of aromatic nitrogens is 3. The van der Waals surface area contributed by atoms with Crippen LogP contribution in [0.5, 0.6) is 11.5 Å². The normalized spacial score (nSPS) is 14.9. The van der Waals surface area contributed by atoms with Gasteiger partial charge in [-0.3, -0.25) is 10.1 Å². The van der Waals surface area contributed by atoms with Crippen LogP contribution in [-0.4, -0.2) is 48.8 Å². The molecule has 0 saturated carbocycles. The first kappa shape index (κ1) is 18.1. The molecule has 0 bridgehead atoms. The summed E-state index contributed by atoms with van der Waals surface area (Å²) in [5, 5.41) is 8.60. The summed E-state index contributed by atoms with van der Waals surface area (Å²) in [4.78, 5) is 16.2. The summed E-state index contributed by atoms with van der Waals surface area (Å²) in [7, 11) is -3.95. The molecule has 1 aromatic carbocycles. The summed E-state index contributed by atoms with van der Waals surface area (Å²) < 4.78 is 38.7. The first-order valence-corrected chi connectivity index (χ1v) is 9.43. The maximum absolute atomic E-state index is 12.7. The lowest BCUT2D eigenvalue weighted by molar-refractivity contribution is -0.118. The second-order valence-corrected chi connectivity index (χ2v) is 7.69. The highest BCUT2D eigenvalue weighted by Gasteiger charge is 2.29. The van der Waals surface area contributed by atoms with Crippen LogP contribution in [-0.2, 0) is 14.8 Å². The lowest BCUT2D eigenvalue weighted by Crippen LogP contribution is -2.47. The van der Waals surface area contributed by atoms with Gasteiger partial charge in [0.15, 0.2) is 11.5 Å². The van der Waals surface area contributed by atoms with Crippen molar-refractivity contribution in [1.29, 1.82) is 0 Å². The van der Waals surface area contributed by atoms with Crippen molar-refractivity contribution < 1.29 is 22.7 Å². The van der Waals surface area contributed by atoms with Crippen LogP contribution in [0.2, 0.25) is 0 Å². The number of anilines is 1. The number of carbonyl (C=O) groups is 1. The molecule has 10 nitrogen and oxygen atoms in total. The van der Waals surface area contributed by atoms with E-state index in [-0.39, 0.29) is 16.8 Å². The molecule has 0 spiro atoms. The standard InChI is InChI=1S/C15H19N5O5S/c1-9(2)13(14(21)18-15-16-8-17-19-15)20-26(22,23)10-3-4-11-12(7-10)25-6-5-24-11/h3-4,7-9,13,20H,5-6H2,1-2H3,(H2,16,17,18,19,21)/t13-/m0/s1. The SMILES string of the molecule is CC(C)[C@H](NS(=O)(=O)c1ccc2c(c1)OCCO2)C(=O)Nc1ncn[nH]1. The minimum atomic E-state index is -3.95. The van der Waals surface area contributed by atoms with Crippen molar-refractivity contribution in [3.63, 3.8) is 0 Å². The average Bonchev–Trinajstić information content (AvgIpc) is 3.12. The van der Waals surface area contributed by atoms with Crippen molar-refractivity contribution in [2.24, 2.45) is 5.92 Å². The molecule has 0 saturated heterocycles. The van der Waals surface area contributed by atoms with Crippen LogP contribution in [0.1, 0.15) is 13.8 Å². The lowest BCUT2D eigenvalue weighted by Gasteiger charge is -2.22. The molecule has 0 radical (unpaired) electrons. The predicted octanol–water partition coefficient (Wildman–Crippen LogP) is 0.517. The van der Waals surface area contributed by atoms with Gasteiger partial charge in [-0.15, -0.1) is 0 Å². The number of hydrogen-bond donors (Lipinski definition) is 3. The molecule has 1 aliphatic rings.